The number of aryl methyl sites for hydroxylation is 1. The molecule has 4 amide bonds. The summed E-state index contributed by atoms with van der Waals surface area (Å²) in [5, 5.41) is 32.3. The Labute approximate surface area is 770 Å². The number of hydrogen-bond donors (Lipinski definition) is 9. The molecule has 716 valence electrons. The van der Waals surface area contributed by atoms with Crippen molar-refractivity contribution in [3.05, 3.63) is 257 Å². The number of anilines is 1. The van der Waals surface area contributed by atoms with E-state index in [4.69, 9.17) is 33.9 Å². The lowest BCUT2D eigenvalue weighted by Crippen LogP contribution is -2.60. The molecule has 0 aliphatic carbocycles. The van der Waals surface area contributed by atoms with E-state index in [1.807, 2.05) is 170 Å². The van der Waals surface area contributed by atoms with Gasteiger partial charge in [-0.1, -0.05) is 221 Å². The number of hydrazine groups is 1. The number of aliphatic hydroxyl groups excluding tert-OH is 2. The third kappa shape index (κ3) is 33.0. The number of alkyl carbamates (subject to hydrolysis) is 2. The van der Waals surface area contributed by atoms with E-state index in [0.29, 0.717) is 67.8 Å². The van der Waals surface area contributed by atoms with Crippen molar-refractivity contribution >= 4 is 69.3 Å². The van der Waals surface area contributed by atoms with Crippen LogP contribution in [0, 0.1) is 22.7 Å². The van der Waals surface area contributed by atoms with E-state index in [1.165, 1.54) is 38.5 Å². The molecular formula is C96H123F3N9O21PS2. The zero-order chi connectivity index (χ0) is 96.9. The smallest absolute Gasteiger partial charge is 0.469 e. The molecule has 0 radical (unpaired) electrons. The van der Waals surface area contributed by atoms with Gasteiger partial charge in [0.25, 0.3) is 5.91 Å². The van der Waals surface area contributed by atoms with E-state index >= 15 is 0 Å². The summed E-state index contributed by atoms with van der Waals surface area (Å²) in [6.07, 6.45) is -2.87. The molecule has 6 aromatic carbocycles. The number of nitrogens with one attached hydrogen (secondary N) is 4. The van der Waals surface area contributed by atoms with Crippen LogP contribution in [0.25, 0.3) is 11.3 Å². The third-order valence-corrected chi connectivity index (χ3v) is 26.0. The van der Waals surface area contributed by atoms with Crippen molar-refractivity contribution in [1.82, 2.24) is 40.7 Å². The first-order valence-corrected chi connectivity index (χ1v) is 48.1. The van der Waals surface area contributed by atoms with Crippen molar-refractivity contribution in [2.24, 2.45) is 22.7 Å². The molecule has 2 aliphatic heterocycles. The highest BCUT2D eigenvalue weighted by Gasteiger charge is 2.45. The van der Waals surface area contributed by atoms with Crippen LogP contribution in [-0.2, 0) is 110 Å². The molecule has 0 bridgehead atoms. The molecule has 2 aliphatic rings. The number of carbonyl (C=O) groups is 6. The Morgan fingerprint density at radius 1 is 0.682 bits per heavy atom. The monoisotopic (exact) mass is 1890 g/mol. The van der Waals surface area contributed by atoms with Gasteiger partial charge in [0.2, 0.25) is 15.9 Å². The Morgan fingerprint density at radius 2 is 1.27 bits per heavy atom. The van der Waals surface area contributed by atoms with Crippen molar-refractivity contribution in [2.75, 3.05) is 52.8 Å². The van der Waals surface area contributed by atoms with E-state index in [9.17, 15) is 83.3 Å². The fraction of sp³-hybridized carbons (Fsp3) is 0.438. The van der Waals surface area contributed by atoms with Crippen LogP contribution in [0.2, 0.25) is 0 Å². The lowest BCUT2D eigenvalue weighted by molar-refractivity contribution is -0.161. The standard InChI is InChI=1S/C38H52N6O7.C32H34F3NO5S.C26H37N2O9PS/c1-37(2,3)31(41-35(48)50-7)33(46)40-29(22-25-14-10-9-11-15-25)30(45)24-44(43-34(47)32(38(4,5)6)42-36(49)51-8)23-26-17-19-27(20-18-26)28-16-12-13-21-39-28;1-3-16-31(17-15-22-9-6-5-7-10-22)19-27(37)29(30(38)41-31)26(4-2)24-12-8-11-23(18-24)21-42(39,40)28-14-13-25(20-36-28)32(33,34)35;1-19(2)16-28(39(33,34)24-10-8-22(27)9-11-24)17-25(37-38(30,31)32)21(14-20-6-4-3-5-7-20)15-26(29)36-23-12-13-35-18-23/h9-21,29-32,45H,22-24H2,1-8H3,(H,40,46)(H,41,48)(H,42,49)(H,43,47);5-14,18,20,26,37H,3-4,15-17,19,21H2,1-2H3;3-11,19,21,23,25H,12-18,27H2,1-2H3,(H2,30,31,32)/t29-,30-,31+,32+;26-,31-;21-,23+,25-/m011/s1. The molecule has 1 saturated heterocycles. The molecule has 132 heavy (non-hydrogen) atoms. The van der Waals surface area contributed by atoms with Gasteiger partial charge in [0.05, 0.1) is 79.6 Å². The summed E-state index contributed by atoms with van der Waals surface area (Å²) in [6, 6.07) is 52.6. The van der Waals surface area contributed by atoms with Gasteiger partial charge in [0.1, 0.15) is 29.5 Å². The number of nitrogens with zero attached hydrogens (tertiary/aromatic N) is 4. The van der Waals surface area contributed by atoms with Crippen LogP contribution in [0.4, 0.5) is 28.4 Å². The van der Waals surface area contributed by atoms with E-state index in [-0.39, 0.29) is 74.1 Å². The maximum Gasteiger partial charge on any atom is 0.469 e. The van der Waals surface area contributed by atoms with Gasteiger partial charge in [-0.3, -0.25) is 29.3 Å². The molecule has 0 spiro atoms. The summed E-state index contributed by atoms with van der Waals surface area (Å²) in [4.78, 5) is 106. The molecule has 30 nitrogen and oxygen atoms in total. The number of phosphoric ester groups is 1. The minimum absolute atomic E-state index is 0.0208. The lowest BCUT2D eigenvalue weighted by atomic mass is 9.80. The van der Waals surface area contributed by atoms with Gasteiger partial charge in [-0.05, 0) is 137 Å². The minimum atomic E-state index is -5.08. The number of pyridine rings is 2. The van der Waals surface area contributed by atoms with Gasteiger partial charge >= 0.3 is 38.1 Å². The van der Waals surface area contributed by atoms with Crippen molar-refractivity contribution in [2.45, 2.75) is 210 Å². The Bertz CT molecular complexity index is 5390. The highest BCUT2D eigenvalue weighted by atomic mass is 32.2. The van der Waals surface area contributed by atoms with Gasteiger partial charge in [0.15, 0.2) is 14.9 Å². The summed E-state index contributed by atoms with van der Waals surface area (Å²) < 4.78 is 137. The number of ether oxygens (including phenoxy) is 5. The molecule has 0 saturated carbocycles. The van der Waals surface area contributed by atoms with Crippen molar-refractivity contribution in [3.8, 4) is 11.3 Å². The number of esters is 2. The first-order valence-electron chi connectivity index (χ1n) is 43.4. The van der Waals surface area contributed by atoms with Crippen LogP contribution in [0.3, 0.4) is 0 Å². The van der Waals surface area contributed by atoms with Crippen LogP contribution in [0.1, 0.15) is 159 Å². The summed E-state index contributed by atoms with van der Waals surface area (Å²) in [7, 11) is -10.8. The number of aliphatic hydroxyl groups is 2. The van der Waals surface area contributed by atoms with Crippen molar-refractivity contribution in [1.29, 1.82) is 0 Å². The predicted octanol–water partition coefficient (Wildman–Crippen LogP) is 14.7. The molecule has 8 aromatic rings. The number of nitrogen functional groups attached to an aromatic ring is 1. The predicted molar refractivity (Wildman–Crippen MR) is 491 cm³/mol. The molecule has 10 N–H and O–H groups in total. The van der Waals surface area contributed by atoms with Gasteiger partial charge in [-0.15, -0.1) is 0 Å². The minimum Gasteiger partial charge on any atom is -0.512 e. The van der Waals surface area contributed by atoms with E-state index in [2.05, 4.69) is 31.3 Å². The summed E-state index contributed by atoms with van der Waals surface area (Å²) in [6.45, 7) is 18.8. The first kappa shape index (κ1) is 106. The number of phosphoric acid groups is 1. The topological polar surface area (TPSA) is 430 Å². The van der Waals surface area contributed by atoms with Gasteiger partial charge in [-0.2, -0.15) is 17.5 Å². The second kappa shape index (κ2) is 48.6. The third-order valence-electron chi connectivity index (χ3n) is 22.0. The highest BCUT2D eigenvalue weighted by molar-refractivity contribution is 7.90. The average Bonchev–Trinajstić information content (AvgIpc) is 1.13. The quantitative estimate of drug-likeness (QED) is 0.00568. The molecule has 0 unspecified atom stereocenters. The van der Waals surface area contributed by atoms with Gasteiger partial charge < -0.3 is 65.4 Å². The Morgan fingerprint density at radius 3 is 1.78 bits per heavy atom. The normalized spacial score (nSPS) is 16.6. The van der Waals surface area contributed by atoms with E-state index in [1.54, 1.807) is 68.4 Å². The van der Waals surface area contributed by atoms with Crippen LogP contribution < -0.4 is 27.1 Å². The summed E-state index contributed by atoms with van der Waals surface area (Å²) >= 11 is 0. The number of rotatable bonds is 39. The molecule has 4 heterocycles. The average molecular weight is 1890 g/mol. The van der Waals surface area contributed by atoms with Gasteiger partial charge in [0, 0.05) is 74.5 Å². The zero-order valence-electron chi connectivity index (χ0n) is 76.3. The SMILES string of the molecule is CC(C)CN(C[C@@H](OP(=O)(O)O)[C@@H](CC(=O)O[C@H]1CCOC1)Cc1ccccc1)S(=O)(=O)c1ccc(N)cc1.CCC[C@@]1(CCc2ccccc2)CC(O)=C([C@H](CC)c2cccc(CS(=O)(=O)c3ccc(C(F)(F)F)cn3)c2)C(=O)O1.COC(=O)N[C@H](C(=O)N[C@@H](Cc1ccccc1)[C@@H](O)CN(Cc1ccc(-c2ccccn2)cc1)NC(=O)[C@@H](NC(=O)OC)C(C)(C)C)C(C)(C)C. The number of hydrogen-bond acceptors (Lipinski definition) is 23. The first-order chi connectivity index (χ1) is 62.2. The molecule has 10 rings (SSSR count). The van der Waals surface area contributed by atoms with Gasteiger partial charge in [-0.25, -0.2) is 45.8 Å². The molecule has 9 atom stereocenters. The summed E-state index contributed by atoms with van der Waals surface area (Å²) in [5.41, 5.74) is 12.2. The number of carbonyl (C=O) groups excluding carboxylic acids is 6. The van der Waals surface area contributed by atoms with E-state index in [0.717, 1.165) is 50.3 Å². The fourth-order valence-electron chi connectivity index (χ4n) is 15.4. The van der Waals surface area contributed by atoms with Crippen LogP contribution in [0.5, 0.6) is 0 Å². The molecule has 1 fully saturated rings. The number of alkyl halides is 3. The number of benzene rings is 6. The maximum atomic E-state index is 13.8. The van der Waals surface area contributed by atoms with Crippen LogP contribution in [-0.4, -0.2) is 181 Å². The molecule has 36 heteroatoms. The van der Waals surface area contributed by atoms with Crippen molar-refractivity contribution < 1.29 is 112 Å². The van der Waals surface area contributed by atoms with Crippen LogP contribution >= 0.6 is 7.82 Å². The molecular weight excluding hydrogens is 1770 g/mol. The number of sulfone groups is 1. The van der Waals surface area contributed by atoms with E-state index < -0.39 is 157 Å². The summed E-state index contributed by atoms with van der Waals surface area (Å²) in [5.74, 6) is -4.20. The second-order valence-corrected chi connectivity index (χ2v) is 40.3. The number of sulfonamides is 1. The number of cyclic esters (lactones) is 1. The Hall–Kier alpha value is -11.0. The van der Waals surface area contributed by atoms with Crippen molar-refractivity contribution in [3.63, 3.8) is 0 Å². The largest absolute Gasteiger partial charge is 0.512 e. The number of aromatic nitrogens is 2. The number of nitrogens with two attached hydrogens (primary N) is 1. The number of amides is 4. The van der Waals surface area contributed by atoms with Crippen LogP contribution in [0.15, 0.2) is 228 Å². The Kier molecular flexibility index (Phi) is 39.2. The highest BCUT2D eigenvalue weighted by Crippen LogP contribution is 2.44. The molecule has 2 aromatic heterocycles. The maximum absolute atomic E-state index is 13.8. The Balaban J connectivity index is 0.000000246. The fourth-order valence-corrected chi connectivity index (χ4v) is 18.8. The second-order valence-electron chi connectivity index (χ2n) is 35.3. The lowest BCUT2D eigenvalue weighted by Gasteiger charge is -2.38. The zero-order valence-corrected chi connectivity index (χ0v) is 78.9. The number of methoxy groups -OCH3 is 2. The number of halogens is 3.